The lowest BCUT2D eigenvalue weighted by Crippen LogP contribution is -2.52. The van der Waals surface area contributed by atoms with Gasteiger partial charge in [0, 0.05) is 49.8 Å². The molecule has 246 valence electrons. The van der Waals surface area contributed by atoms with Crippen LogP contribution in [0.4, 0.5) is 8.78 Å². The second-order valence-electron chi connectivity index (χ2n) is 11.7. The summed E-state index contributed by atoms with van der Waals surface area (Å²) in [5.41, 5.74) is -2.79. The third-order valence-electron chi connectivity index (χ3n) is 8.69. The Labute approximate surface area is 262 Å². The SMILES string of the molecule is COC1=NO[C@@]2(CC[C@H](C)N3C[C@H]2n2cc(C(=O)NCc4ccc(F)cc4F)c(=O)c(OC(=O)CCCCCC(=O)O)c2C3=O)C1. The molecular formula is C31H34F2N4O9. The molecule has 46 heavy (non-hydrogen) atoms. The summed E-state index contributed by atoms with van der Waals surface area (Å²) in [5, 5.41) is 15.4. The fraction of sp³-hybridized carbons (Fsp3) is 0.484. The smallest absolute Gasteiger partial charge is 0.311 e. The Morgan fingerprint density at radius 3 is 2.63 bits per heavy atom. The van der Waals surface area contributed by atoms with Crippen LogP contribution in [0.1, 0.15) is 90.7 Å². The minimum absolute atomic E-state index is 0.0338. The maximum Gasteiger partial charge on any atom is 0.311 e. The van der Waals surface area contributed by atoms with E-state index in [2.05, 4.69) is 10.5 Å². The van der Waals surface area contributed by atoms with Gasteiger partial charge in [0.2, 0.25) is 17.1 Å². The molecule has 2 N–H and O–H groups in total. The van der Waals surface area contributed by atoms with Crippen molar-refractivity contribution < 1.29 is 47.4 Å². The Morgan fingerprint density at radius 1 is 1.17 bits per heavy atom. The molecular weight excluding hydrogens is 610 g/mol. The lowest BCUT2D eigenvalue weighted by molar-refractivity contribution is -0.137. The van der Waals surface area contributed by atoms with Gasteiger partial charge in [0.25, 0.3) is 11.8 Å². The van der Waals surface area contributed by atoms with E-state index >= 15 is 0 Å². The molecule has 1 fully saturated rings. The predicted octanol–water partition coefficient (Wildman–Crippen LogP) is 3.30. The summed E-state index contributed by atoms with van der Waals surface area (Å²) in [4.78, 5) is 72.5. The summed E-state index contributed by atoms with van der Waals surface area (Å²) in [5.74, 6) is -5.32. The number of hydrogen-bond acceptors (Lipinski definition) is 9. The van der Waals surface area contributed by atoms with Gasteiger partial charge in [0.05, 0.1) is 19.6 Å². The minimum atomic E-state index is -1.03. The summed E-state index contributed by atoms with van der Waals surface area (Å²) in [6.45, 7) is 1.61. The van der Waals surface area contributed by atoms with Gasteiger partial charge >= 0.3 is 11.9 Å². The van der Waals surface area contributed by atoms with Crippen LogP contribution >= 0.6 is 0 Å². The van der Waals surface area contributed by atoms with Crippen molar-refractivity contribution in [3.63, 3.8) is 0 Å². The minimum Gasteiger partial charge on any atom is -0.482 e. The number of carboxylic acid groups (broad SMARTS) is 1. The van der Waals surface area contributed by atoms with Gasteiger partial charge in [-0.15, -0.1) is 0 Å². The summed E-state index contributed by atoms with van der Waals surface area (Å²) in [6.07, 6.45) is 3.21. The highest BCUT2D eigenvalue weighted by Crippen LogP contribution is 2.46. The fourth-order valence-corrected chi connectivity index (χ4v) is 6.10. The van der Waals surface area contributed by atoms with E-state index in [1.807, 2.05) is 6.92 Å². The second kappa shape index (κ2) is 13.3. The van der Waals surface area contributed by atoms with E-state index in [0.717, 1.165) is 12.1 Å². The van der Waals surface area contributed by atoms with Crippen LogP contribution in [-0.2, 0) is 25.7 Å². The van der Waals surface area contributed by atoms with Gasteiger partial charge in [0.1, 0.15) is 17.2 Å². The lowest BCUT2D eigenvalue weighted by atomic mass is 9.85. The molecule has 13 nitrogen and oxygen atoms in total. The zero-order valence-corrected chi connectivity index (χ0v) is 25.3. The quantitative estimate of drug-likeness (QED) is 0.292. The molecule has 1 spiro atoms. The maximum absolute atomic E-state index is 14.3. The molecule has 1 saturated heterocycles. The molecule has 5 rings (SSSR count). The third kappa shape index (κ3) is 6.44. The summed E-state index contributed by atoms with van der Waals surface area (Å²) in [6, 6.07) is 1.88. The van der Waals surface area contributed by atoms with Gasteiger partial charge in [-0.05, 0) is 38.7 Å². The molecule has 0 saturated carbocycles. The number of oxime groups is 1. The van der Waals surface area contributed by atoms with Crippen LogP contribution < -0.4 is 15.5 Å². The molecule has 3 aliphatic rings. The first-order valence-corrected chi connectivity index (χ1v) is 15.0. The average molecular weight is 645 g/mol. The van der Waals surface area contributed by atoms with Gasteiger partial charge in [-0.25, -0.2) is 8.78 Å². The van der Waals surface area contributed by atoms with E-state index in [1.165, 1.54) is 17.9 Å². The number of carbonyl (C=O) groups is 4. The molecule has 1 aromatic carbocycles. The highest BCUT2D eigenvalue weighted by molar-refractivity contribution is 6.00. The summed E-state index contributed by atoms with van der Waals surface area (Å²) in [7, 11) is 1.45. The van der Waals surface area contributed by atoms with E-state index in [1.54, 1.807) is 4.90 Å². The van der Waals surface area contributed by atoms with Crippen LogP contribution in [0.15, 0.2) is 34.3 Å². The lowest BCUT2D eigenvalue weighted by Gasteiger charge is -2.41. The van der Waals surface area contributed by atoms with Gasteiger partial charge in [-0.2, -0.15) is 0 Å². The van der Waals surface area contributed by atoms with Crippen molar-refractivity contribution >= 4 is 29.7 Å². The van der Waals surface area contributed by atoms with Crippen molar-refractivity contribution in [1.82, 2.24) is 14.8 Å². The molecule has 1 aromatic heterocycles. The van der Waals surface area contributed by atoms with Crippen LogP contribution in [0.5, 0.6) is 5.75 Å². The zero-order chi connectivity index (χ0) is 33.2. The molecule has 2 amide bonds. The number of hydrogen-bond donors (Lipinski definition) is 2. The highest BCUT2D eigenvalue weighted by atomic mass is 19.1. The number of fused-ring (bicyclic) bond motifs is 5. The fourth-order valence-electron chi connectivity index (χ4n) is 6.10. The van der Waals surface area contributed by atoms with E-state index in [0.29, 0.717) is 37.6 Å². The van der Waals surface area contributed by atoms with E-state index in [9.17, 15) is 32.8 Å². The topological polar surface area (TPSA) is 166 Å². The van der Waals surface area contributed by atoms with Crippen molar-refractivity contribution in [1.29, 1.82) is 0 Å². The van der Waals surface area contributed by atoms with Gasteiger partial charge in [0.15, 0.2) is 11.3 Å². The number of amides is 2. The van der Waals surface area contributed by atoms with Crippen molar-refractivity contribution in [2.45, 2.75) is 82.5 Å². The number of methoxy groups -OCH3 is 1. The number of aliphatic carboxylic acids is 1. The Balaban J connectivity index is 1.54. The number of ether oxygens (including phenoxy) is 2. The molecule has 0 aliphatic carbocycles. The normalized spacial score (nSPS) is 21.6. The van der Waals surface area contributed by atoms with E-state index in [-0.39, 0.29) is 56.1 Å². The van der Waals surface area contributed by atoms with Gasteiger partial charge in [-0.3, -0.25) is 24.0 Å². The molecule has 2 bridgehead atoms. The first-order chi connectivity index (χ1) is 21.9. The number of pyridine rings is 1. The average Bonchev–Trinajstić information content (AvgIpc) is 3.39. The molecule has 15 heteroatoms. The van der Waals surface area contributed by atoms with Gasteiger partial charge in [-0.1, -0.05) is 17.6 Å². The first kappa shape index (κ1) is 32.6. The first-order valence-electron chi connectivity index (χ1n) is 15.0. The summed E-state index contributed by atoms with van der Waals surface area (Å²) >= 11 is 0. The standard InChI is InChI=1S/C31H34F2N4O9/c1-17-10-11-31(13-23(44-2)35-46-31)22-16-36(17)30(43)26-28(45-25(40)7-5-3-4-6-24(38)39)27(41)20(15-37(22)26)29(42)34-14-18-8-9-19(32)12-21(18)33/h8-9,12,15,17,22H,3-7,10-11,13-14,16H2,1-2H3,(H,34,42)(H,38,39)/t17-,22+,31-/m0/s1. The molecule has 3 aliphatic heterocycles. The number of rotatable bonds is 10. The molecule has 2 aromatic rings. The summed E-state index contributed by atoms with van der Waals surface area (Å²) < 4.78 is 40.0. The monoisotopic (exact) mass is 644 g/mol. The largest absolute Gasteiger partial charge is 0.482 e. The van der Waals surface area contributed by atoms with Crippen molar-refractivity contribution in [2.75, 3.05) is 13.7 Å². The number of unbranched alkanes of at least 4 members (excludes halogenated alkanes) is 2. The van der Waals surface area contributed by atoms with Crippen LogP contribution in [-0.4, -0.2) is 69.5 Å². The van der Waals surface area contributed by atoms with Crippen molar-refractivity contribution in [2.24, 2.45) is 5.16 Å². The van der Waals surface area contributed by atoms with Crippen LogP contribution in [0.3, 0.4) is 0 Å². The van der Waals surface area contributed by atoms with Crippen molar-refractivity contribution in [3.8, 4) is 5.75 Å². The number of aromatic nitrogens is 1. The number of benzene rings is 1. The van der Waals surface area contributed by atoms with Crippen LogP contribution in [0.25, 0.3) is 0 Å². The van der Waals surface area contributed by atoms with E-state index in [4.69, 9.17) is 19.4 Å². The molecule has 0 radical (unpaired) electrons. The second-order valence-corrected chi connectivity index (χ2v) is 11.7. The number of nitrogens with one attached hydrogen (secondary N) is 1. The number of nitrogens with zero attached hydrogens (tertiary/aromatic N) is 3. The Kier molecular flexibility index (Phi) is 9.39. The zero-order valence-electron chi connectivity index (χ0n) is 25.3. The highest BCUT2D eigenvalue weighted by Gasteiger charge is 2.55. The number of halogens is 2. The number of carbonyl (C=O) groups excluding carboxylic acids is 3. The number of esters is 1. The van der Waals surface area contributed by atoms with Crippen LogP contribution in [0.2, 0.25) is 0 Å². The Hall–Kier alpha value is -4.82. The van der Waals surface area contributed by atoms with Gasteiger partial charge < -0.3 is 34.2 Å². The Morgan fingerprint density at radius 2 is 1.93 bits per heavy atom. The van der Waals surface area contributed by atoms with E-state index < -0.39 is 63.8 Å². The predicted molar refractivity (Wildman–Crippen MR) is 156 cm³/mol. The molecule has 4 heterocycles. The number of carboxylic acids is 1. The maximum atomic E-state index is 14.3. The molecule has 0 unspecified atom stereocenters. The van der Waals surface area contributed by atoms with Crippen LogP contribution in [0, 0.1) is 11.6 Å². The third-order valence-corrected chi connectivity index (χ3v) is 8.69. The Bertz CT molecular complexity index is 1660. The molecule has 3 atom stereocenters. The van der Waals surface area contributed by atoms with Crippen molar-refractivity contribution in [3.05, 3.63) is 63.1 Å².